The molecule has 330 valence electrons. The van der Waals surface area contributed by atoms with Crippen LogP contribution in [-0.4, -0.2) is 93.9 Å². The third kappa shape index (κ3) is 9.63. The molecule has 3 N–H and O–H groups in total. The highest BCUT2D eigenvalue weighted by atomic mass is 35.5. The Labute approximate surface area is 373 Å². The topological polar surface area (TPSA) is 123 Å². The number of piperidine rings is 1. The zero-order valence-electron chi connectivity index (χ0n) is 37.7. The van der Waals surface area contributed by atoms with Crippen LogP contribution in [0.15, 0.2) is 79.1 Å². The van der Waals surface area contributed by atoms with E-state index in [1.54, 1.807) is 6.20 Å². The molecule has 4 aromatic rings. The second-order valence-corrected chi connectivity index (χ2v) is 18.2. The van der Waals surface area contributed by atoms with E-state index in [4.69, 9.17) is 31.7 Å². The van der Waals surface area contributed by atoms with E-state index in [0.29, 0.717) is 35.2 Å². The number of nitrogens with zero attached hydrogens (tertiary/aromatic N) is 9. The van der Waals surface area contributed by atoms with Crippen LogP contribution in [0.5, 0.6) is 0 Å². The fourth-order valence-corrected chi connectivity index (χ4v) is 9.51. The molecule has 62 heavy (non-hydrogen) atoms. The Bertz CT molecular complexity index is 2330. The van der Waals surface area contributed by atoms with E-state index < -0.39 is 0 Å². The van der Waals surface area contributed by atoms with Gasteiger partial charge in [0.1, 0.15) is 10.8 Å². The van der Waals surface area contributed by atoms with E-state index in [-0.39, 0.29) is 18.0 Å². The first-order valence-corrected chi connectivity index (χ1v) is 22.6. The minimum absolute atomic E-state index is 0.195. The fourth-order valence-electron chi connectivity index (χ4n) is 9.37. The maximum atomic E-state index is 10.8. The summed E-state index contributed by atoms with van der Waals surface area (Å²) in [5.41, 5.74) is 9.25. The van der Waals surface area contributed by atoms with Gasteiger partial charge in [0.25, 0.3) is 0 Å². The maximum absolute atomic E-state index is 10.8. The van der Waals surface area contributed by atoms with Gasteiger partial charge in [0, 0.05) is 98.9 Å². The van der Waals surface area contributed by atoms with Gasteiger partial charge in [-0.25, -0.2) is 9.97 Å². The summed E-state index contributed by atoms with van der Waals surface area (Å²) in [5.74, 6) is 2.98. The van der Waals surface area contributed by atoms with Crippen LogP contribution in [0.3, 0.4) is 0 Å². The van der Waals surface area contributed by atoms with Gasteiger partial charge in [0.05, 0.1) is 35.0 Å². The molecule has 2 fully saturated rings. The number of rotatable bonds is 17. The number of benzene rings is 1. The zero-order valence-corrected chi connectivity index (χ0v) is 38.5. The molecule has 0 saturated carbocycles. The number of piperazine rings is 1. The van der Waals surface area contributed by atoms with Crippen LogP contribution in [0.4, 0.5) is 29.0 Å². The number of halogens is 1. The highest BCUT2D eigenvalue weighted by molar-refractivity contribution is 6.32. The summed E-state index contributed by atoms with van der Waals surface area (Å²) in [5, 5.41) is 16.0. The summed E-state index contributed by atoms with van der Waals surface area (Å²) in [6, 6.07) is 9.48. The molecule has 2 saturated heterocycles. The Morgan fingerprint density at radius 1 is 1.03 bits per heavy atom. The van der Waals surface area contributed by atoms with Crippen LogP contribution >= 0.6 is 11.6 Å². The molecule has 1 aromatic carbocycles. The summed E-state index contributed by atoms with van der Waals surface area (Å²) in [4.78, 5) is 35.2. The smallest absolute Gasteiger partial charge is 0.227 e. The molecule has 6 heterocycles. The number of nitrogens with one attached hydrogen (secondary N) is 3. The second-order valence-electron chi connectivity index (χ2n) is 17.8. The molecule has 3 atom stereocenters. The van der Waals surface area contributed by atoms with Crippen LogP contribution in [0.25, 0.3) is 17.0 Å². The van der Waals surface area contributed by atoms with Gasteiger partial charge >= 0.3 is 0 Å². The van der Waals surface area contributed by atoms with Crippen LogP contribution in [-0.2, 0) is 11.8 Å². The molecule has 0 bridgehead atoms. The number of amides is 1. The number of hydrogen-bond donors (Lipinski definition) is 3. The van der Waals surface area contributed by atoms with Crippen molar-refractivity contribution in [3.63, 3.8) is 0 Å². The zero-order chi connectivity index (χ0) is 44.2. The van der Waals surface area contributed by atoms with E-state index in [2.05, 4.69) is 132 Å². The number of aryl methyl sites for hydroxylation is 1. The van der Waals surface area contributed by atoms with Crippen molar-refractivity contribution in [2.75, 3.05) is 59.8 Å². The van der Waals surface area contributed by atoms with E-state index in [1.165, 1.54) is 22.2 Å². The first kappa shape index (κ1) is 44.6. The Balaban J connectivity index is 0.973. The van der Waals surface area contributed by atoms with Gasteiger partial charge in [-0.05, 0) is 95.9 Å². The van der Waals surface area contributed by atoms with E-state index in [9.17, 15) is 4.79 Å². The lowest BCUT2D eigenvalue weighted by molar-refractivity contribution is -0.109. The summed E-state index contributed by atoms with van der Waals surface area (Å²) in [7, 11) is 3.96. The molecule has 14 heteroatoms. The van der Waals surface area contributed by atoms with Gasteiger partial charge in [-0.3, -0.25) is 14.4 Å². The van der Waals surface area contributed by atoms with Crippen molar-refractivity contribution in [2.45, 2.75) is 97.2 Å². The standard InChI is InChI=1S/C48H65ClN12O/c1-30(2)61-36(8)38(17-16-32(4)50-9)22-39-23-40(24-51-47(39)61)54-46-42(49)25-52-48(55-46)60-27-34(6)59(26-35(60)7)28-37-18-20-58(21-19-37)43-13-11-12-41-44(56-57(10)45(41)43)31(3)14-15-33(5)53-29-62/h11-13,22-25,29-31,34-35,37,50H,4-5,8,14-21,26-28H2,1-3,6-7,9-10H3,(H,53,62)(H,52,54,55)/t31?,34-,35?/m0/s1. The van der Waals surface area contributed by atoms with Gasteiger partial charge in [-0.15, -0.1) is 0 Å². The largest absolute Gasteiger partial charge is 0.392 e. The van der Waals surface area contributed by atoms with Crippen molar-refractivity contribution in [3.05, 3.63) is 95.3 Å². The number of pyridine rings is 1. The lowest BCUT2D eigenvalue weighted by atomic mass is 9.93. The van der Waals surface area contributed by atoms with Gasteiger partial charge in [-0.2, -0.15) is 10.1 Å². The minimum atomic E-state index is 0.195. The monoisotopic (exact) mass is 861 g/mol. The third-order valence-electron chi connectivity index (χ3n) is 13.0. The third-order valence-corrected chi connectivity index (χ3v) is 13.3. The summed E-state index contributed by atoms with van der Waals surface area (Å²) >= 11 is 6.74. The van der Waals surface area contributed by atoms with Crippen LogP contribution in [0.2, 0.25) is 5.02 Å². The van der Waals surface area contributed by atoms with Crippen LogP contribution in [0, 0.1) is 5.92 Å². The number of carbonyl (C=O) groups is 1. The lowest BCUT2D eigenvalue weighted by Gasteiger charge is -2.46. The molecule has 1 amide bonds. The molecular formula is C48H65ClN12O. The highest BCUT2D eigenvalue weighted by Crippen LogP contribution is 2.39. The number of hydrogen-bond acceptors (Lipinski definition) is 11. The average Bonchev–Trinajstić information content (AvgIpc) is 3.60. The van der Waals surface area contributed by atoms with Gasteiger partial charge in [-0.1, -0.05) is 50.4 Å². The molecule has 0 spiro atoms. The summed E-state index contributed by atoms with van der Waals surface area (Å²) in [6.45, 7) is 28.5. The number of para-hydroxylation sites is 1. The Kier molecular flexibility index (Phi) is 13.9. The second kappa shape index (κ2) is 19.3. The molecule has 7 rings (SSSR count). The average molecular weight is 862 g/mol. The van der Waals surface area contributed by atoms with Crippen LogP contribution < -0.4 is 30.7 Å². The Morgan fingerprint density at radius 2 is 1.81 bits per heavy atom. The van der Waals surface area contributed by atoms with Crippen molar-refractivity contribution in [3.8, 4) is 0 Å². The molecule has 3 aliphatic rings. The molecule has 0 radical (unpaired) electrons. The Morgan fingerprint density at radius 3 is 2.53 bits per heavy atom. The molecule has 3 aliphatic heterocycles. The number of anilines is 5. The maximum Gasteiger partial charge on any atom is 0.227 e. The van der Waals surface area contributed by atoms with Gasteiger partial charge < -0.3 is 30.7 Å². The van der Waals surface area contributed by atoms with Crippen molar-refractivity contribution < 1.29 is 4.79 Å². The molecular weight excluding hydrogens is 796 g/mol. The fraction of sp³-hybridized carbons (Fsp3) is 0.479. The molecule has 2 unspecified atom stereocenters. The van der Waals surface area contributed by atoms with Gasteiger partial charge in [0.2, 0.25) is 12.4 Å². The van der Waals surface area contributed by atoms with Crippen LogP contribution in [0.1, 0.15) is 90.3 Å². The van der Waals surface area contributed by atoms with Crippen molar-refractivity contribution in [2.24, 2.45) is 13.0 Å². The highest BCUT2D eigenvalue weighted by Gasteiger charge is 2.34. The summed E-state index contributed by atoms with van der Waals surface area (Å²) < 4.78 is 2.05. The predicted molar refractivity (Wildman–Crippen MR) is 256 cm³/mol. The van der Waals surface area contributed by atoms with Gasteiger partial charge in [0.15, 0.2) is 5.82 Å². The van der Waals surface area contributed by atoms with E-state index in [1.807, 2.05) is 13.2 Å². The summed E-state index contributed by atoms with van der Waals surface area (Å²) in [6.07, 6.45) is 12.0. The SMILES string of the molecule is C=C(CCC1=Cc2cc(Nc3nc(N4C[C@H](C)N(CC5CCN(c6cccc7c(C(C)CCC(=C)NC=O)nn(C)c67)CC5)CC4C)ncc3Cl)cnc2N(C(C)C)C1=C)NC. The van der Waals surface area contributed by atoms with Crippen molar-refractivity contribution in [1.82, 2.24) is 40.3 Å². The minimum Gasteiger partial charge on any atom is -0.392 e. The van der Waals surface area contributed by atoms with Crippen molar-refractivity contribution in [1.29, 1.82) is 0 Å². The van der Waals surface area contributed by atoms with E-state index >= 15 is 0 Å². The Hall–Kier alpha value is -5.40. The molecule has 3 aromatic heterocycles. The molecule has 13 nitrogen and oxygen atoms in total. The molecule has 0 aliphatic carbocycles. The first-order valence-electron chi connectivity index (χ1n) is 22.2. The number of fused-ring (bicyclic) bond motifs is 2. The quantitative estimate of drug-likeness (QED) is 0.0884. The van der Waals surface area contributed by atoms with Crippen molar-refractivity contribution >= 4 is 63.9 Å². The number of aromatic nitrogens is 5. The lowest BCUT2D eigenvalue weighted by Crippen LogP contribution is -2.58. The number of allylic oxidation sites excluding steroid dienone is 3. The normalized spacial score (nSPS) is 19.1. The van der Waals surface area contributed by atoms with E-state index in [0.717, 1.165) is 111 Å². The first-order chi connectivity index (χ1) is 29.8. The number of carbonyl (C=O) groups excluding carboxylic acids is 1. The predicted octanol–water partition coefficient (Wildman–Crippen LogP) is 8.75.